The summed E-state index contributed by atoms with van der Waals surface area (Å²) in [6.07, 6.45) is 1.40. The van der Waals surface area contributed by atoms with Gasteiger partial charge in [0.1, 0.15) is 11.6 Å². The van der Waals surface area contributed by atoms with Crippen LogP contribution in [0.25, 0.3) is 6.08 Å². The zero-order valence-corrected chi connectivity index (χ0v) is 12.2. The quantitative estimate of drug-likeness (QED) is 0.397. The molecule has 0 saturated heterocycles. The van der Waals surface area contributed by atoms with E-state index >= 15 is 0 Å². The minimum atomic E-state index is -0.508. The van der Waals surface area contributed by atoms with E-state index < -0.39 is 10.8 Å². The van der Waals surface area contributed by atoms with E-state index in [9.17, 15) is 14.9 Å². The minimum Gasteiger partial charge on any atom is -0.347 e. The molecule has 1 aromatic carbocycles. The number of nitrogens with zero attached hydrogens (tertiary/aromatic N) is 2. The smallest absolute Gasteiger partial charge is 0.269 e. The molecule has 110 valence electrons. The highest BCUT2D eigenvalue weighted by Crippen LogP contribution is 2.14. The van der Waals surface area contributed by atoms with Crippen LogP contribution >= 0.6 is 11.3 Å². The standard InChI is InChI=1S/C15H11N3O3S/c16-9-12(15(19)17-10-14-2-1-7-22-14)8-11-3-5-13(6-4-11)18(20)21/h1-8H,10H2,(H,17,19)/b12-8+. The van der Waals surface area contributed by atoms with Gasteiger partial charge >= 0.3 is 0 Å². The molecule has 0 radical (unpaired) electrons. The van der Waals surface area contributed by atoms with Crippen molar-refractivity contribution >= 4 is 29.0 Å². The average molecular weight is 313 g/mol. The number of nitriles is 1. The second-order valence-corrected chi connectivity index (χ2v) is 5.31. The fourth-order valence-corrected chi connectivity index (χ4v) is 2.33. The van der Waals surface area contributed by atoms with Gasteiger partial charge in [-0.1, -0.05) is 6.07 Å². The second-order valence-electron chi connectivity index (χ2n) is 4.28. The molecule has 0 aliphatic rings. The lowest BCUT2D eigenvalue weighted by atomic mass is 10.1. The van der Waals surface area contributed by atoms with E-state index in [1.807, 2.05) is 23.6 Å². The van der Waals surface area contributed by atoms with Gasteiger partial charge in [-0.05, 0) is 35.2 Å². The van der Waals surface area contributed by atoms with Crippen molar-refractivity contribution in [3.63, 3.8) is 0 Å². The van der Waals surface area contributed by atoms with Gasteiger partial charge in [0.15, 0.2) is 0 Å². The van der Waals surface area contributed by atoms with E-state index in [0.717, 1.165) is 4.88 Å². The lowest BCUT2D eigenvalue weighted by Gasteiger charge is -2.02. The molecule has 1 heterocycles. The van der Waals surface area contributed by atoms with Crippen LogP contribution in [0, 0.1) is 21.4 Å². The van der Waals surface area contributed by atoms with Gasteiger partial charge in [0.25, 0.3) is 11.6 Å². The summed E-state index contributed by atoms with van der Waals surface area (Å²) in [7, 11) is 0. The van der Waals surface area contributed by atoms with Gasteiger partial charge in [-0.2, -0.15) is 5.26 Å². The first kappa shape index (κ1) is 15.4. The highest BCUT2D eigenvalue weighted by atomic mass is 32.1. The maximum atomic E-state index is 11.9. The normalized spacial score (nSPS) is 10.8. The van der Waals surface area contributed by atoms with E-state index in [2.05, 4.69) is 5.32 Å². The lowest BCUT2D eigenvalue weighted by Crippen LogP contribution is -2.23. The largest absolute Gasteiger partial charge is 0.347 e. The number of thiophene rings is 1. The Morgan fingerprint density at radius 3 is 2.64 bits per heavy atom. The van der Waals surface area contributed by atoms with Crippen LogP contribution in [0.3, 0.4) is 0 Å². The van der Waals surface area contributed by atoms with Crippen molar-refractivity contribution in [2.75, 3.05) is 0 Å². The van der Waals surface area contributed by atoms with Crippen molar-refractivity contribution in [1.82, 2.24) is 5.32 Å². The van der Waals surface area contributed by atoms with E-state index in [1.54, 1.807) is 0 Å². The third-order valence-electron chi connectivity index (χ3n) is 2.78. The summed E-state index contributed by atoms with van der Waals surface area (Å²) >= 11 is 1.51. The Hall–Kier alpha value is -2.98. The summed E-state index contributed by atoms with van der Waals surface area (Å²) in [6.45, 7) is 0.357. The molecule has 0 saturated carbocycles. The number of hydrogen-bond acceptors (Lipinski definition) is 5. The van der Waals surface area contributed by atoms with E-state index in [1.165, 1.54) is 41.7 Å². The van der Waals surface area contributed by atoms with Crippen molar-refractivity contribution in [2.24, 2.45) is 0 Å². The molecule has 1 amide bonds. The minimum absolute atomic E-state index is 0.0437. The van der Waals surface area contributed by atoms with Gasteiger partial charge in [-0.15, -0.1) is 11.3 Å². The average Bonchev–Trinajstić information content (AvgIpc) is 3.04. The number of nitrogens with one attached hydrogen (secondary N) is 1. The number of non-ortho nitro benzene ring substituents is 1. The molecule has 1 aromatic heterocycles. The van der Waals surface area contributed by atoms with Crippen LogP contribution < -0.4 is 5.32 Å². The zero-order valence-electron chi connectivity index (χ0n) is 11.4. The molecule has 0 spiro atoms. The molecule has 1 N–H and O–H groups in total. The maximum absolute atomic E-state index is 11.9. The summed E-state index contributed by atoms with van der Waals surface area (Å²) in [5.41, 5.74) is 0.455. The fraction of sp³-hybridized carbons (Fsp3) is 0.0667. The zero-order chi connectivity index (χ0) is 15.9. The Morgan fingerprint density at radius 1 is 1.36 bits per heavy atom. The van der Waals surface area contributed by atoms with Crippen molar-refractivity contribution < 1.29 is 9.72 Å². The summed E-state index contributed by atoms with van der Waals surface area (Å²) in [5.74, 6) is -0.478. The number of hydrogen-bond donors (Lipinski definition) is 1. The number of rotatable bonds is 5. The molecule has 7 heteroatoms. The van der Waals surface area contributed by atoms with Crippen molar-refractivity contribution in [2.45, 2.75) is 6.54 Å². The molecular weight excluding hydrogens is 302 g/mol. The van der Waals surface area contributed by atoms with Crippen molar-refractivity contribution in [1.29, 1.82) is 5.26 Å². The number of nitro groups is 1. The molecule has 6 nitrogen and oxygen atoms in total. The van der Waals surface area contributed by atoms with Crippen LogP contribution in [0.2, 0.25) is 0 Å². The van der Waals surface area contributed by atoms with Crippen LogP contribution in [-0.4, -0.2) is 10.8 Å². The molecular formula is C15H11N3O3S. The van der Waals surface area contributed by atoms with Gasteiger partial charge in [0, 0.05) is 17.0 Å². The monoisotopic (exact) mass is 313 g/mol. The number of carbonyl (C=O) groups excluding carboxylic acids is 1. The molecule has 2 rings (SSSR count). The van der Waals surface area contributed by atoms with Crippen LogP contribution in [0.1, 0.15) is 10.4 Å². The van der Waals surface area contributed by atoms with Crippen LogP contribution in [-0.2, 0) is 11.3 Å². The molecule has 2 aromatic rings. The molecule has 0 aliphatic carbocycles. The second kappa shape index (κ2) is 7.15. The highest BCUT2D eigenvalue weighted by Gasteiger charge is 2.10. The van der Waals surface area contributed by atoms with Gasteiger partial charge in [-0.25, -0.2) is 0 Å². The molecule has 0 unspecified atom stereocenters. The van der Waals surface area contributed by atoms with Gasteiger partial charge in [0.2, 0.25) is 0 Å². The Balaban J connectivity index is 2.07. The summed E-state index contributed by atoms with van der Waals surface area (Å²) < 4.78 is 0. The Bertz CT molecular complexity index is 743. The van der Waals surface area contributed by atoms with Crippen LogP contribution in [0.4, 0.5) is 5.69 Å². The maximum Gasteiger partial charge on any atom is 0.269 e. The van der Waals surface area contributed by atoms with Crippen molar-refractivity contribution in [3.05, 3.63) is 67.9 Å². The highest BCUT2D eigenvalue weighted by molar-refractivity contribution is 7.09. The van der Waals surface area contributed by atoms with Crippen LogP contribution in [0.5, 0.6) is 0 Å². The summed E-state index contributed by atoms with van der Waals surface area (Å²) in [6, 6.07) is 11.2. The van der Waals surface area contributed by atoms with E-state index in [-0.39, 0.29) is 11.3 Å². The van der Waals surface area contributed by atoms with E-state index in [0.29, 0.717) is 12.1 Å². The Labute approximate surface area is 130 Å². The Kier molecular flexibility index (Phi) is 5.01. The van der Waals surface area contributed by atoms with Crippen molar-refractivity contribution in [3.8, 4) is 6.07 Å². The van der Waals surface area contributed by atoms with Gasteiger partial charge in [0.05, 0.1) is 11.5 Å². The topological polar surface area (TPSA) is 96.0 Å². The number of nitro benzene ring substituents is 1. The van der Waals surface area contributed by atoms with E-state index in [4.69, 9.17) is 5.26 Å². The summed E-state index contributed by atoms with van der Waals surface area (Å²) in [4.78, 5) is 23.0. The molecule has 0 bridgehead atoms. The first-order chi connectivity index (χ1) is 10.6. The van der Waals surface area contributed by atoms with Gasteiger partial charge in [-0.3, -0.25) is 14.9 Å². The van der Waals surface area contributed by atoms with Crippen LogP contribution in [0.15, 0.2) is 47.4 Å². The SMILES string of the molecule is N#C/C(=C\c1ccc([N+](=O)[O-])cc1)C(=O)NCc1cccs1. The third kappa shape index (κ3) is 4.01. The molecule has 0 aliphatic heterocycles. The molecule has 0 atom stereocenters. The predicted octanol–water partition coefficient (Wildman–Crippen LogP) is 2.88. The molecule has 22 heavy (non-hydrogen) atoms. The number of amides is 1. The first-order valence-corrected chi connectivity index (χ1v) is 7.15. The Morgan fingerprint density at radius 2 is 2.09 bits per heavy atom. The van der Waals surface area contributed by atoms with Gasteiger partial charge < -0.3 is 5.32 Å². The fourth-order valence-electron chi connectivity index (χ4n) is 1.68. The third-order valence-corrected chi connectivity index (χ3v) is 3.66. The molecule has 0 fully saturated rings. The number of benzene rings is 1. The predicted molar refractivity (Wildman–Crippen MR) is 82.9 cm³/mol. The summed E-state index contributed by atoms with van der Waals surface area (Å²) in [5, 5.41) is 24.2. The lowest BCUT2D eigenvalue weighted by molar-refractivity contribution is -0.384. The number of carbonyl (C=O) groups is 1. The first-order valence-electron chi connectivity index (χ1n) is 6.27.